The Balaban J connectivity index is 1.51. The number of aromatic amines is 1. The van der Waals surface area contributed by atoms with Gasteiger partial charge in [0, 0.05) is 58.2 Å². The standard InChI is InChI=1S/C21H26FN5O2/c1-25(2)21(29)27-12-16-11-26(19(28)7-6-14-9-23-24-10-14)13-18(16)20(27)15-4-3-5-17(22)8-15/h3-5,8-10,16,18,20H,6-7,11-13H2,1-2H3,(H,23,24)/t16-,18-,20-/m1/s1. The molecular weight excluding hydrogens is 373 g/mol. The maximum Gasteiger partial charge on any atom is 0.320 e. The van der Waals surface area contributed by atoms with Crippen molar-refractivity contribution in [2.24, 2.45) is 11.8 Å². The molecule has 2 fully saturated rings. The number of aryl methyl sites for hydroxylation is 1. The van der Waals surface area contributed by atoms with Crippen LogP contribution in [-0.2, 0) is 11.2 Å². The summed E-state index contributed by atoms with van der Waals surface area (Å²) in [4.78, 5) is 30.8. The van der Waals surface area contributed by atoms with Gasteiger partial charge in [0.25, 0.3) is 0 Å². The summed E-state index contributed by atoms with van der Waals surface area (Å²) in [6, 6.07) is 6.17. The molecule has 0 spiro atoms. The molecule has 3 amide bonds. The molecule has 7 nitrogen and oxygen atoms in total. The highest BCUT2D eigenvalue weighted by Crippen LogP contribution is 2.45. The van der Waals surface area contributed by atoms with Crippen molar-refractivity contribution in [3.63, 3.8) is 0 Å². The third kappa shape index (κ3) is 3.83. The Morgan fingerprint density at radius 3 is 2.79 bits per heavy atom. The molecule has 1 aromatic carbocycles. The number of carbonyl (C=O) groups is 2. The Morgan fingerprint density at radius 1 is 1.28 bits per heavy atom. The van der Waals surface area contributed by atoms with Gasteiger partial charge in [-0.25, -0.2) is 9.18 Å². The van der Waals surface area contributed by atoms with Crippen molar-refractivity contribution >= 4 is 11.9 Å². The zero-order chi connectivity index (χ0) is 20.5. The molecule has 2 aliphatic heterocycles. The molecule has 2 saturated heterocycles. The number of amides is 3. The lowest BCUT2D eigenvalue weighted by atomic mass is 9.89. The van der Waals surface area contributed by atoms with Gasteiger partial charge in [0.05, 0.1) is 12.2 Å². The van der Waals surface area contributed by atoms with E-state index in [9.17, 15) is 14.0 Å². The molecule has 3 heterocycles. The molecule has 2 aliphatic rings. The van der Waals surface area contributed by atoms with Crippen LogP contribution in [0.25, 0.3) is 0 Å². The first-order valence-electron chi connectivity index (χ1n) is 9.93. The van der Waals surface area contributed by atoms with Gasteiger partial charge in [-0.1, -0.05) is 12.1 Å². The predicted octanol–water partition coefficient (Wildman–Crippen LogP) is 2.29. The normalized spacial score (nSPS) is 23.3. The number of halogens is 1. The number of H-pyrrole nitrogens is 1. The molecule has 0 saturated carbocycles. The highest BCUT2D eigenvalue weighted by molar-refractivity contribution is 5.77. The van der Waals surface area contributed by atoms with Crippen LogP contribution in [0.3, 0.4) is 0 Å². The van der Waals surface area contributed by atoms with Crippen LogP contribution in [-0.4, -0.2) is 70.6 Å². The average molecular weight is 399 g/mol. The van der Waals surface area contributed by atoms with Crippen molar-refractivity contribution in [1.82, 2.24) is 24.9 Å². The van der Waals surface area contributed by atoms with Crippen molar-refractivity contribution in [3.05, 3.63) is 53.6 Å². The number of benzene rings is 1. The number of nitrogens with zero attached hydrogens (tertiary/aromatic N) is 4. The molecule has 1 aromatic heterocycles. The van der Waals surface area contributed by atoms with E-state index in [0.29, 0.717) is 32.5 Å². The molecule has 29 heavy (non-hydrogen) atoms. The monoisotopic (exact) mass is 399 g/mol. The number of urea groups is 1. The highest BCUT2D eigenvalue weighted by Gasteiger charge is 2.50. The first-order chi connectivity index (χ1) is 13.9. The van der Waals surface area contributed by atoms with Crippen LogP contribution in [0.1, 0.15) is 23.6 Å². The highest BCUT2D eigenvalue weighted by atomic mass is 19.1. The summed E-state index contributed by atoms with van der Waals surface area (Å²) >= 11 is 0. The van der Waals surface area contributed by atoms with E-state index in [1.165, 1.54) is 12.1 Å². The minimum absolute atomic E-state index is 0.0773. The molecule has 3 atom stereocenters. The molecule has 154 valence electrons. The van der Waals surface area contributed by atoms with Crippen LogP contribution >= 0.6 is 0 Å². The topological polar surface area (TPSA) is 72.5 Å². The van der Waals surface area contributed by atoms with Crippen molar-refractivity contribution in [2.45, 2.75) is 18.9 Å². The number of aromatic nitrogens is 2. The lowest BCUT2D eigenvalue weighted by Gasteiger charge is -2.32. The van der Waals surface area contributed by atoms with Gasteiger partial charge in [0.2, 0.25) is 5.91 Å². The number of hydrogen-bond donors (Lipinski definition) is 1. The van der Waals surface area contributed by atoms with Crippen molar-refractivity contribution < 1.29 is 14.0 Å². The number of hydrogen-bond acceptors (Lipinski definition) is 3. The van der Waals surface area contributed by atoms with Crippen molar-refractivity contribution in [3.8, 4) is 0 Å². The van der Waals surface area contributed by atoms with Gasteiger partial charge in [-0.05, 0) is 29.7 Å². The smallest absolute Gasteiger partial charge is 0.320 e. The van der Waals surface area contributed by atoms with Gasteiger partial charge in [0.15, 0.2) is 0 Å². The molecule has 4 rings (SSSR count). The number of likely N-dealkylation sites (tertiary alicyclic amines) is 2. The summed E-state index contributed by atoms with van der Waals surface area (Å²) in [5.41, 5.74) is 1.80. The second kappa shape index (κ2) is 7.85. The van der Waals surface area contributed by atoms with Gasteiger partial charge < -0.3 is 14.7 Å². The van der Waals surface area contributed by atoms with Crippen LogP contribution in [0.2, 0.25) is 0 Å². The van der Waals surface area contributed by atoms with E-state index in [2.05, 4.69) is 10.2 Å². The van der Waals surface area contributed by atoms with E-state index >= 15 is 0 Å². The fourth-order valence-corrected chi connectivity index (χ4v) is 4.64. The minimum atomic E-state index is -0.311. The molecular formula is C21H26FN5O2. The minimum Gasteiger partial charge on any atom is -0.342 e. The second-order valence-corrected chi connectivity index (χ2v) is 8.16. The van der Waals surface area contributed by atoms with Crippen LogP contribution < -0.4 is 0 Å². The fraction of sp³-hybridized carbons (Fsp3) is 0.476. The summed E-state index contributed by atoms with van der Waals surface area (Å²) in [6.45, 7) is 1.81. The summed E-state index contributed by atoms with van der Waals surface area (Å²) in [5.74, 6) is 0.113. The van der Waals surface area contributed by atoms with Crippen molar-refractivity contribution in [1.29, 1.82) is 0 Å². The molecule has 8 heteroatoms. The van der Waals surface area contributed by atoms with Gasteiger partial charge >= 0.3 is 6.03 Å². The SMILES string of the molecule is CN(C)C(=O)N1C[C@H]2CN(C(=O)CCc3cn[nH]c3)C[C@H]2[C@H]1c1cccc(F)c1. The average Bonchev–Trinajstić information content (AvgIpc) is 3.41. The van der Waals surface area contributed by atoms with Gasteiger partial charge in [-0.15, -0.1) is 0 Å². The second-order valence-electron chi connectivity index (χ2n) is 8.16. The molecule has 1 N–H and O–H groups in total. The predicted molar refractivity (Wildman–Crippen MR) is 105 cm³/mol. The van der Waals surface area contributed by atoms with Gasteiger partial charge in [-0.3, -0.25) is 9.89 Å². The van der Waals surface area contributed by atoms with E-state index in [0.717, 1.165) is 11.1 Å². The maximum absolute atomic E-state index is 13.9. The molecule has 0 radical (unpaired) electrons. The number of fused-ring (bicyclic) bond motifs is 1. The summed E-state index contributed by atoms with van der Waals surface area (Å²) in [7, 11) is 3.45. The largest absolute Gasteiger partial charge is 0.342 e. The van der Waals surface area contributed by atoms with Crippen LogP contribution in [0.5, 0.6) is 0 Å². The first-order valence-corrected chi connectivity index (χ1v) is 9.93. The maximum atomic E-state index is 13.9. The van der Waals surface area contributed by atoms with Crippen LogP contribution in [0, 0.1) is 17.7 Å². The van der Waals surface area contributed by atoms with E-state index < -0.39 is 0 Å². The number of rotatable bonds is 4. The Labute approximate surface area is 169 Å². The van der Waals surface area contributed by atoms with Crippen molar-refractivity contribution in [2.75, 3.05) is 33.7 Å². The van der Waals surface area contributed by atoms with E-state index in [-0.39, 0.29) is 35.6 Å². The first kappa shape index (κ1) is 19.4. The quantitative estimate of drug-likeness (QED) is 0.858. The van der Waals surface area contributed by atoms with E-state index in [4.69, 9.17) is 0 Å². The van der Waals surface area contributed by atoms with E-state index in [1.807, 2.05) is 15.9 Å². The van der Waals surface area contributed by atoms with Gasteiger partial charge in [-0.2, -0.15) is 5.10 Å². The Hall–Kier alpha value is -2.90. The van der Waals surface area contributed by atoms with Crippen LogP contribution in [0.4, 0.5) is 9.18 Å². The Bertz CT molecular complexity index is 885. The molecule has 2 aromatic rings. The van der Waals surface area contributed by atoms with Crippen LogP contribution in [0.15, 0.2) is 36.7 Å². The molecule has 0 bridgehead atoms. The third-order valence-electron chi connectivity index (χ3n) is 6.02. The fourth-order valence-electron chi connectivity index (χ4n) is 4.64. The third-order valence-corrected chi connectivity index (χ3v) is 6.02. The summed E-state index contributed by atoms with van der Waals surface area (Å²) in [5, 5.41) is 6.67. The zero-order valence-electron chi connectivity index (χ0n) is 16.7. The Morgan fingerprint density at radius 2 is 2.10 bits per heavy atom. The lowest BCUT2D eigenvalue weighted by molar-refractivity contribution is -0.130. The molecule has 0 aliphatic carbocycles. The van der Waals surface area contributed by atoms with E-state index in [1.54, 1.807) is 37.5 Å². The Kier molecular flexibility index (Phi) is 5.25. The zero-order valence-corrected chi connectivity index (χ0v) is 16.7. The summed E-state index contributed by atoms with van der Waals surface area (Å²) < 4.78 is 13.9. The molecule has 0 unspecified atom stereocenters. The van der Waals surface area contributed by atoms with Gasteiger partial charge in [0.1, 0.15) is 5.82 Å². The number of carbonyl (C=O) groups excluding carboxylic acids is 2. The lowest BCUT2D eigenvalue weighted by Crippen LogP contribution is -2.42. The summed E-state index contributed by atoms with van der Waals surface area (Å²) in [6.07, 6.45) is 4.62. The number of nitrogens with one attached hydrogen (secondary N) is 1.